The van der Waals surface area contributed by atoms with Crippen LogP contribution in [-0.4, -0.2) is 58.9 Å². The smallest absolute Gasteiger partial charge is 0.256 e. The largest absolute Gasteiger partial charge is 0.491 e. The number of carbonyl (C=O) groups is 1. The monoisotopic (exact) mass is 579 g/mol. The average molecular weight is 580 g/mol. The van der Waals surface area contributed by atoms with Gasteiger partial charge in [0, 0.05) is 49.4 Å². The van der Waals surface area contributed by atoms with E-state index in [1.54, 1.807) is 6.20 Å². The number of benzene rings is 2. The molecule has 0 radical (unpaired) electrons. The number of hydrogen-bond acceptors (Lipinski definition) is 5. The van der Waals surface area contributed by atoms with E-state index in [9.17, 15) is 23.5 Å². The molecule has 1 aromatic heterocycles. The Morgan fingerprint density at radius 1 is 1.08 bits per heavy atom. The molecule has 1 amide bonds. The van der Waals surface area contributed by atoms with Crippen molar-refractivity contribution in [2.45, 2.75) is 50.3 Å². The third-order valence-electron chi connectivity index (χ3n) is 7.51. The second kappa shape index (κ2) is 11.8. The lowest BCUT2D eigenvalue weighted by Crippen LogP contribution is -2.47. The Morgan fingerprint density at radius 2 is 1.79 bits per heavy atom. The summed E-state index contributed by atoms with van der Waals surface area (Å²) in [6.45, 7) is 1.62. The number of ether oxygens (including phenoxy) is 1. The topological polar surface area (TPSA) is 83.8 Å². The van der Waals surface area contributed by atoms with Crippen molar-refractivity contribution in [1.82, 2.24) is 14.8 Å². The molecule has 2 fully saturated rings. The molecule has 0 unspecified atom stereocenters. The number of pyridine rings is 1. The van der Waals surface area contributed by atoms with Gasteiger partial charge in [-0.15, -0.1) is 0 Å². The van der Waals surface area contributed by atoms with E-state index in [1.165, 1.54) is 24.3 Å². The van der Waals surface area contributed by atoms with Crippen molar-refractivity contribution in [2.24, 2.45) is 0 Å². The van der Waals surface area contributed by atoms with Crippen molar-refractivity contribution in [3.8, 4) is 5.75 Å². The second-order valence-electron chi connectivity index (χ2n) is 10.2. The van der Waals surface area contributed by atoms with Crippen LogP contribution >= 0.6 is 23.2 Å². The van der Waals surface area contributed by atoms with Crippen molar-refractivity contribution >= 4 is 40.0 Å². The van der Waals surface area contributed by atoms with Crippen LogP contribution in [0.5, 0.6) is 5.75 Å². The first kappa shape index (κ1) is 27.8. The lowest BCUT2D eigenvalue weighted by atomic mass is 9.92. The Bertz CT molecular complexity index is 1440. The molecule has 0 spiro atoms. The van der Waals surface area contributed by atoms with Crippen LogP contribution in [0.1, 0.15) is 48.5 Å². The van der Waals surface area contributed by atoms with Gasteiger partial charge in [-0.25, -0.2) is 8.78 Å². The first-order chi connectivity index (χ1) is 18.7. The Morgan fingerprint density at radius 3 is 2.46 bits per heavy atom. The number of halogens is 4. The molecule has 1 aliphatic heterocycles. The average Bonchev–Trinajstić information content (AvgIpc) is 2.87. The lowest BCUT2D eigenvalue weighted by molar-refractivity contribution is 0.0567. The highest BCUT2D eigenvalue weighted by molar-refractivity contribution is 6.31. The first-order valence-electron chi connectivity index (χ1n) is 13.0. The highest BCUT2D eigenvalue weighted by Gasteiger charge is 2.27. The summed E-state index contributed by atoms with van der Waals surface area (Å²) >= 11 is 11.7. The number of carbonyl (C=O) groups excluding carboxylic acids is 1. The van der Waals surface area contributed by atoms with Gasteiger partial charge in [-0.05, 0) is 56.4 Å². The number of fused-ring (bicyclic) bond motifs is 1. The van der Waals surface area contributed by atoms with Crippen LogP contribution in [0.4, 0.5) is 8.78 Å². The molecule has 11 heteroatoms. The molecule has 1 saturated carbocycles. The van der Waals surface area contributed by atoms with Crippen LogP contribution in [0, 0.1) is 11.6 Å². The third-order valence-corrected chi connectivity index (χ3v) is 8.11. The van der Waals surface area contributed by atoms with E-state index in [0.29, 0.717) is 38.0 Å². The normalized spacial score (nSPS) is 17.7. The predicted molar refractivity (Wildman–Crippen MR) is 146 cm³/mol. The summed E-state index contributed by atoms with van der Waals surface area (Å²) in [5.41, 5.74) is 0.00391. The molecule has 7 nitrogen and oxygen atoms in total. The number of rotatable bonds is 8. The van der Waals surface area contributed by atoms with Gasteiger partial charge >= 0.3 is 0 Å². The SMILES string of the molecule is O=C(NC1CCN(C[C@@H](O)COc2ccc(Cl)c(F)c2)CC1)c1cn(C2CCC2)c2cc(Cl)c(F)cc2c1=O. The summed E-state index contributed by atoms with van der Waals surface area (Å²) in [4.78, 5) is 28.4. The second-order valence-corrected chi connectivity index (χ2v) is 11.1. The fraction of sp³-hybridized carbons (Fsp3) is 0.429. The molecule has 2 aromatic carbocycles. The minimum Gasteiger partial charge on any atom is -0.491 e. The van der Waals surface area contributed by atoms with Gasteiger partial charge in [0.2, 0.25) is 5.43 Å². The van der Waals surface area contributed by atoms with Crippen LogP contribution in [-0.2, 0) is 0 Å². The van der Waals surface area contributed by atoms with Crippen LogP contribution in [0.3, 0.4) is 0 Å². The van der Waals surface area contributed by atoms with E-state index in [-0.39, 0.29) is 45.4 Å². The minimum absolute atomic E-state index is 0.00121. The zero-order valence-corrected chi connectivity index (χ0v) is 22.7. The molecule has 208 valence electrons. The predicted octanol–water partition coefficient (Wildman–Crippen LogP) is 4.95. The highest BCUT2D eigenvalue weighted by atomic mass is 35.5. The van der Waals surface area contributed by atoms with Crippen LogP contribution < -0.4 is 15.5 Å². The van der Waals surface area contributed by atoms with Crippen molar-refractivity contribution in [3.05, 3.63) is 74.0 Å². The van der Waals surface area contributed by atoms with E-state index in [1.807, 2.05) is 4.57 Å². The molecule has 2 aliphatic rings. The molecule has 39 heavy (non-hydrogen) atoms. The highest BCUT2D eigenvalue weighted by Crippen LogP contribution is 2.35. The van der Waals surface area contributed by atoms with Crippen LogP contribution in [0.2, 0.25) is 10.0 Å². The van der Waals surface area contributed by atoms with Gasteiger partial charge < -0.3 is 24.6 Å². The maximum atomic E-state index is 14.2. The number of amides is 1. The van der Waals surface area contributed by atoms with Crippen molar-refractivity contribution < 1.29 is 23.4 Å². The van der Waals surface area contributed by atoms with E-state index < -0.39 is 29.1 Å². The number of piperidine rings is 1. The van der Waals surface area contributed by atoms with E-state index >= 15 is 0 Å². The standard InChI is InChI=1S/C28H29Cl2F2N3O4/c29-22-5-4-19(10-24(22)31)39-15-18(36)13-34-8-6-16(7-9-34)33-28(38)21-14-35(17-2-1-3-17)26-12-23(30)25(32)11-20(26)27(21)37/h4-5,10-12,14,16-18,36H,1-3,6-9,13,15H2,(H,33,38)/t18-/m1/s1. The Balaban J connectivity index is 1.18. The summed E-state index contributed by atoms with van der Waals surface area (Å²) in [6.07, 6.45) is 4.95. The molecule has 1 atom stereocenters. The molecule has 1 aliphatic carbocycles. The summed E-state index contributed by atoms with van der Waals surface area (Å²) in [7, 11) is 0. The molecule has 5 rings (SSSR count). The first-order valence-corrected chi connectivity index (χ1v) is 13.8. The zero-order valence-electron chi connectivity index (χ0n) is 21.1. The molecular formula is C28H29Cl2F2N3O4. The summed E-state index contributed by atoms with van der Waals surface area (Å²) in [5, 5.41) is 13.4. The van der Waals surface area contributed by atoms with E-state index in [4.69, 9.17) is 27.9 Å². The number of nitrogens with one attached hydrogen (secondary N) is 1. The fourth-order valence-electron chi connectivity index (χ4n) is 5.11. The number of likely N-dealkylation sites (tertiary alicyclic amines) is 1. The third kappa shape index (κ3) is 6.22. The number of aliphatic hydroxyl groups is 1. The number of nitrogens with zero attached hydrogens (tertiary/aromatic N) is 2. The summed E-state index contributed by atoms with van der Waals surface area (Å²) in [6, 6.07) is 6.66. The zero-order chi connectivity index (χ0) is 27.7. The van der Waals surface area contributed by atoms with Gasteiger partial charge in [0.15, 0.2) is 0 Å². The van der Waals surface area contributed by atoms with Gasteiger partial charge in [0.1, 0.15) is 35.7 Å². The van der Waals surface area contributed by atoms with E-state index in [2.05, 4.69) is 10.2 Å². The maximum absolute atomic E-state index is 14.2. The quantitative estimate of drug-likeness (QED) is 0.394. The van der Waals surface area contributed by atoms with Gasteiger partial charge in [0.25, 0.3) is 5.91 Å². The number of hydrogen-bond donors (Lipinski definition) is 2. The summed E-state index contributed by atoms with van der Waals surface area (Å²) < 4.78 is 35.1. The minimum atomic E-state index is -0.786. The molecule has 0 bridgehead atoms. The molecule has 3 aromatic rings. The number of aliphatic hydroxyl groups excluding tert-OH is 1. The van der Waals surface area contributed by atoms with Crippen LogP contribution in [0.25, 0.3) is 10.9 Å². The van der Waals surface area contributed by atoms with Gasteiger partial charge in [-0.3, -0.25) is 9.59 Å². The number of β-amino-alcohol motifs (C(OH)–C–C–N with tert-alkyl or cyclic N) is 1. The maximum Gasteiger partial charge on any atom is 0.256 e. The molecule has 2 N–H and O–H groups in total. The lowest BCUT2D eigenvalue weighted by Gasteiger charge is -2.33. The van der Waals surface area contributed by atoms with E-state index in [0.717, 1.165) is 25.3 Å². The van der Waals surface area contributed by atoms with Gasteiger partial charge in [0.05, 0.1) is 15.6 Å². The van der Waals surface area contributed by atoms with Gasteiger partial charge in [-0.1, -0.05) is 23.2 Å². The van der Waals surface area contributed by atoms with Crippen molar-refractivity contribution in [1.29, 1.82) is 0 Å². The summed E-state index contributed by atoms with van der Waals surface area (Å²) in [5.74, 6) is -1.48. The Hall–Kier alpha value is -2.72. The molecular weight excluding hydrogens is 551 g/mol. The Kier molecular flexibility index (Phi) is 8.42. The van der Waals surface area contributed by atoms with Crippen molar-refractivity contribution in [2.75, 3.05) is 26.2 Å². The van der Waals surface area contributed by atoms with Gasteiger partial charge in [-0.2, -0.15) is 0 Å². The number of aromatic nitrogens is 1. The molecule has 1 saturated heterocycles. The van der Waals surface area contributed by atoms with Crippen LogP contribution in [0.15, 0.2) is 41.3 Å². The fourth-order valence-corrected chi connectivity index (χ4v) is 5.38. The molecule has 2 heterocycles. The van der Waals surface area contributed by atoms with Crippen molar-refractivity contribution in [3.63, 3.8) is 0 Å². The Labute approximate surface area is 234 Å².